The van der Waals surface area contributed by atoms with E-state index >= 15 is 0 Å². The average molecular weight is 271 g/mol. The van der Waals surface area contributed by atoms with E-state index < -0.39 is 11.9 Å². The molecule has 112 valence electrons. The van der Waals surface area contributed by atoms with Crippen LogP contribution in [0.2, 0.25) is 0 Å². The normalized spacial score (nSPS) is 14.5. The number of hydrogen-bond acceptors (Lipinski definition) is 2. The number of carbonyl (C=O) groups is 2. The van der Waals surface area contributed by atoms with E-state index in [0.717, 1.165) is 6.42 Å². The molecule has 0 heterocycles. The third-order valence-electron chi connectivity index (χ3n) is 3.57. The van der Waals surface area contributed by atoms with Crippen molar-refractivity contribution in [1.29, 1.82) is 0 Å². The maximum Gasteiger partial charge on any atom is 0.308 e. The molecule has 2 N–H and O–H groups in total. The smallest absolute Gasteiger partial charge is 0.308 e. The molecular weight excluding hydrogens is 242 g/mol. The third-order valence-corrected chi connectivity index (χ3v) is 3.57. The summed E-state index contributed by atoms with van der Waals surface area (Å²) in [5.74, 6) is -0.185. The van der Waals surface area contributed by atoms with E-state index in [1.165, 1.54) is 0 Å². The van der Waals surface area contributed by atoms with E-state index in [1.54, 1.807) is 0 Å². The Hall–Kier alpha value is -1.06. The Labute approximate surface area is 117 Å². The lowest BCUT2D eigenvalue weighted by atomic mass is 9.90. The fourth-order valence-electron chi connectivity index (χ4n) is 2.24. The Bertz CT molecular complexity index is 287. The zero-order valence-corrected chi connectivity index (χ0v) is 12.9. The molecule has 0 bridgehead atoms. The first kappa shape index (κ1) is 17.9. The van der Waals surface area contributed by atoms with Gasteiger partial charge < -0.3 is 10.4 Å². The highest BCUT2D eigenvalue weighted by molar-refractivity contribution is 5.77. The van der Waals surface area contributed by atoms with E-state index in [0.29, 0.717) is 30.6 Å². The largest absolute Gasteiger partial charge is 0.481 e. The molecular formula is C15H29NO3. The summed E-state index contributed by atoms with van der Waals surface area (Å²) in [5.41, 5.74) is 0. The first-order valence-electron chi connectivity index (χ1n) is 7.27. The Morgan fingerprint density at radius 3 is 2.11 bits per heavy atom. The molecule has 0 aliphatic rings. The van der Waals surface area contributed by atoms with Crippen molar-refractivity contribution in [3.05, 3.63) is 0 Å². The second-order valence-electron chi connectivity index (χ2n) is 6.09. The Kier molecular flexibility index (Phi) is 8.44. The summed E-state index contributed by atoms with van der Waals surface area (Å²) in [6, 6.07) is 0. The maximum atomic E-state index is 11.8. The van der Waals surface area contributed by atoms with Crippen LogP contribution in [0.3, 0.4) is 0 Å². The lowest BCUT2D eigenvalue weighted by Gasteiger charge is -2.20. The van der Waals surface area contributed by atoms with Crippen LogP contribution in [0.4, 0.5) is 0 Å². The van der Waals surface area contributed by atoms with Crippen molar-refractivity contribution in [2.75, 3.05) is 6.54 Å². The molecule has 2 atom stereocenters. The molecule has 0 aliphatic carbocycles. The second kappa shape index (κ2) is 8.94. The van der Waals surface area contributed by atoms with Crippen molar-refractivity contribution in [3.63, 3.8) is 0 Å². The highest BCUT2D eigenvalue weighted by Gasteiger charge is 2.21. The summed E-state index contributed by atoms with van der Waals surface area (Å²) in [4.78, 5) is 22.9. The van der Waals surface area contributed by atoms with Crippen LogP contribution < -0.4 is 5.32 Å². The molecule has 0 aliphatic heterocycles. The summed E-state index contributed by atoms with van der Waals surface area (Å²) in [6.07, 6.45) is 2.05. The van der Waals surface area contributed by atoms with Gasteiger partial charge in [0.25, 0.3) is 0 Å². The minimum absolute atomic E-state index is 0.0319. The van der Waals surface area contributed by atoms with Gasteiger partial charge in [-0.25, -0.2) is 0 Å². The van der Waals surface area contributed by atoms with E-state index in [4.69, 9.17) is 5.11 Å². The van der Waals surface area contributed by atoms with Gasteiger partial charge in [0.15, 0.2) is 0 Å². The number of rotatable bonds is 9. The van der Waals surface area contributed by atoms with Gasteiger partial charge >= 0.3 is 5.97 Å². The fraction of sp³-hybridized carbons (Fsp3) is 0.867. The van der Waals surface area contributed by atoms with Crippen LogP contribution in [0.1, 0.15) is 53.9 Å². The summed E-state index contributed by atoms with van der Waals surface area (Å²) < 4.78 is 0. The van der Waals surface area contributed by atoms with Crippen molar-refractivity contribution in [1.82, 2.24) is 5.32 Å². The number of nitrogens with one attached hydrogen (secondary N) is 1. The van der Waals surface area contributed by atoms with Gasteiger partial charge in [0.05, 0.1) is 5.92 Å². The van der Waals surface area contributed by atoms with Crippen molar-refractivity contribution >= 4 is 11.9 Å². The number of aliphatic carboxylic acids is 1. The highest BCUT2D eigenvalue weighted by Crippen LogP contribution is 2.18. The van der Waals surface area contributed by atoms with Crippen LogP contribution in [-0.4, -0.2) is 23.5 Å². The molecule has 0 aromatic carbocycles. The number of carbonyl (C=O) groups excluding carboxylic acids is 1. The predicted molar refractivity (Wildman–Crippen MR) is 76.8 cm³/mol. The van der Waals surface area contributed by atoms with Crippen molar-refractivity contribution in [2.24, 2.45) is 23.7 Å². The molecule has 0 spiro atoms. The van der Waals surface area contributed by atoms with Gasteiger partial charge in [-0.1, -0.05) is 41.0 Å². The van der Waals surface area contributed by atoms with Gasteiger partial charge in [-0.05, 0) is 24.2 Å². The van der Waals surface area contributed by atoms with E-state index in [9.17, 15) is 9.59 Å². The molecule has 19 heavy (non-hydrogen) atoms. The SMILES string of the molecule is CCC(CC(=O)NCC(CC(C)C)C(=O)O)C(C)C. The molecule has 4 heteroatoms. The van der Waals surface area contributed by atoms with Gasteiger partial charge in [0.1, 0.15) is 0 Å². The quantitative estimate of drug-likeness (QED) is 0.677. The molecule has 0 radical (unpaired) electrons. The number of amides is 1. The molecule has 0 aromatic heterocycles. The van der Waals surface area contributed by atoms with Crippen molar-refractivity contribution in [3.8, 4) is 0 Å². The van der Waals surface area contributed by atoms with Gasteiger partial charge in [0, 0.05) is 13.0 Å². The minimum Gasteiger partial charge on any atom is -0.481 e. The molecule has 1 amide bonds. The number of carboxylic acid groups (broad SMARTS) is 1. The summed E-state index contributed by atoms with van der Waals surface area (Å²) in [5, 5.41) is 11.9. The number of hydrogen-bond donors (Lipinski definition) is 2. The van der Waals surface area contributed by atoms with Crippen molar-refractivity contribution < 1.29 is 14.7 Å². The second-order valence-corrected chi connectivity index (χ2v) is 6.09. The molecule has 2 unspecified atom stereocenters. The summed E-state index contributed by atoms with van der Waals surface area (Å²) in [6.45, 7) is 10.5. The van der Waals surface area contributed by atoms with Gasteiger partial charge in [-0.2, -0.15) is 0 Å². The van der Waals surface area contributed by atoms with Crippen LogP contribution in [0.5, 0.6) is 0 Å². The van der Waals surface area contributed by atoms with Crippen LogP contribution in [0, 0.1) is 23.7 Å². The van der Waals surface area contributed by atoms with Crippen LogP contribution in [0.25, 0.3) is 0 Å². The Morgan fingerprint density at radius 2 is 1.74 bits per heavy atom. The Morgan fingerprint density at radius 1 is 1.16 bits per heavy atom. The first-order valence-corrected chi connectivity index (χ1v) is 7.27. The van der Waals surface area contributed by atoms with Gasteiger partial charge in [-0.15, -0.1) is 0 Å². The third kappa shape index (κ3) is 7.85. The lowest BCUT2D eigenvalue weighted by molar-refractivity contribution is -0.142. The molecule has 0 saturated carbocycles. The van der Waals surface area contributed by atoms with Gasteiger partial charge in [-0.3, -0.25) is 9.59 Å². The molecule has 0 saturated heterocycles. The lowest BCUT2D eigenvalue weighted by Crippen LogP contribution is -2.35. The molecule has 0 rings (SSSR count). The van der Waals surface area contributed by atoms with Crippen LogP contribution in [0.15, 0.2) is 0 Å². The number of carboxylic acids is 1. The molecule has 0 aromatic rings. The molecule has 4 nitrogen and oxygen atoms in total. The standard InChI is InChI=1S/C15H29NO3/c1-6-12(11(4)5)8-14(17)16-9-13(15(18)19)7-10(2)3/h10-13H,6-9H2,1-5H3,(H,16,17)(H,18,19). The minimum atomic E-state index is -0.829. The topological polar surface area (TPSA) is 66.4 Å². The van der Waals surface area contributed by atoms with E-state index in [-0.39, 0.29) is 12.5 Å². The predicted octanol–water partition coefficient (Wildman–Crippen LogP) is 2.92. The van der Waals surface area contributed by atoms with Crippen LogP contribution >= 0.6 is 0 Å². The summed E-state index contributed by atoms with van der Waals surface area (Å²) >= 11 is 0. The fourth-order valence-corrected chi connectivity index (χ4v) is 2.24. The zero-order valence-electron chi connectivity index (χ0n) is 12.9. The van der Waals surface area contributed by atoms with E-state index in [1.807, 2.05) is 13.8 Å². The highest BCUT2D eigenvalue weighted by atomic mass is 16.4. The van der Waals surface area contributed by atoms with Crippen molar-refractivity contribution in [2.45, 2.75) is 53.9 Å². The monoisotopic (exact) mass is 271 g/mol. The maximum absolute atomic E-state index is 11.8. The Balaban J connectivity index is 4.21. The molecule has 0 fully saturated rings. The van der Waals surface area contributed by atoms with Gasteiger partial charge in [0.2, 0.25) is 5.91 Å². The van der Waals surface area contributed by atoms with Crippen LogP contribution in [-0.2, 0) is 9.59 Å². The van der Waals surface area contributed by atoms with E-state index in [2.05, 4.69) is 26.1 Å². The average Bonchev–Trinajstić information content (AvgIpc) is 2.30. The first-order chi connectivity index (χ1) is 8.77. The summed E-state index contributed by atoms with van der Waals surface area (Å²) in [7, 11) is 0. The zero-order chi connectivity index (χ0) is 15.0.